The van der Waals surface area contributed by atoms with Crippen molar-refractivity contribution >= 4 is 53.2 Å². The van der Waals surface area contributed by atoms with Crippen molar-refractivity contribution in [2.75, 3.05) is 14.1 Å². The molecule has 0 saturated heterocycles. The van der Waals surface area contributed by atoms with Crippen LogP contribution < -0.4 is 43.4 Å². The van der Waals surface area contributed by atoms with Crippen LogP contribution in [0.25, 0.3) is 0 Å². The molecule has 0 fully saturated rings. The summed E-state index contributed by atoms with van der Waals surface area (Å²) in [6.07, 6.45) is 10.1. The van der Waals surface area contributed by atoms with Gasteiger partial charge in [0.15, 0.2) is 0 Å². The summed E-state index contributed by atoms with van der Waals surface area (Å²) < 4.78 is 0. The minimum absolute atomic E-state index is 0.000829. The minimum Gasteiger partial charge on any atom is -0.508 e. The number of nitrogens with one attached hydrogen (secondary N) is 6. The van der Waals surface area contributed by atoms with Crippen molar-refractivity contribution < 1.29 is 53.4 Å². The Morgan fingerprint density at radius 3 is 1.45 bits per heavy atom. The summed E-state index contributed by atoms with van der Waals surface area (Å²) in [5.74, 6) is -9.38. The standard InChI is InChI=1S/C49H83N9O11/c1-10-11-12-13-14-15-16-17-18-19-20-34(50)44(64)53-36(26-32-21-23-33(59)24-22-32)47(67)56-42(31(6)7)49(69)57-41(30(4)5)48(68)55-37(27-39(60)58(8)9)45(65)54-38(28-40(61)62)46(66)52-35(43(51)63)25-29(2)3/h21-24,29-31,34-38,41-42,59H,10-20,25-28,50H2,1-9H3,(H2,51,63)(H,52,66)(H,53,64)(H,54,65)(H,55,68)(H,56,67)(H,57,69)(H,61,62)/t34-,35-,36-,37-,38-,41-,42-/m0/s1. The molecule has 0 aliphatic rings. The third-order valence-electron chi connectivity index (χ3n) is 11.6. The highest BCUT2D eigenvalue weighted by Gasteiger charge is 2.36. The number of carbonyl (C=O) groups excluding carboxylic acids is 8. The highest BCUT2D eigenvalue weighted by Crippen LogP contribution is 2.15. The summed E-state index contributed by atoms with van der Waals surface area (Å²) in [6.45, 7) is 12.3. The lowest BCUT2D eigenvalue weighted by molar-refractivity contribution is -0.142. The number of rotatable bonds is 34. The lowest BCUT2D eigenvalue weighted by Gasteiger charge is -2.30. The Bertz CT molecular complexity index is 1820. The van der Waals surface area contributed by atoms with Gasteiger partial charge in [-0.05, 0) is 48.3 Å². The van der Waals surface area contributed by atoms with Gasteiger partial charge in [0.1, 0.15) is 42.0 Å². The zero-order valence-corrected chi connectivity index (χ0v) is 42.4. The van der Waals surface area contributed by atoms with Crippen LogP contribution in [0, 0.1) is 17.8 Å². The number of benzene rings is 1. The molecule has 20 heteroatoms. The third-order valence-corrected chi connectivity index (χ3v) is 11.6. The van der Waals surface area contributed by atoms with Crippen LogP contribution in [0.5, 0.6) is 5.75 Å². The molecule has 0 aliphatic carbocycles. The number of carboxylic acids is 1. The van der Waals surface area contributed by atoms with Gasteiger partial charge in [0.25, 0.3) is 0 Å². The van der Waals surface area contributed by atoms with Gasteiger partial charge in [-0.2, -0.15) is 0 Å². The van der Waals surface area contributed by atoms with Crippen molar-refractivity contribution in [1.29, 1.82) is 0 Å². The first kappa shape index (κ1) is 61.2. The number of unbranched alkanes of at least 4 members (excludes halogenated alkanes) is 9. The zero-order chi connectivity index (χ0) is 52.4. The molecule has 390 valence electrons. The van der Waals surface area contributed by atoms with Gasteiger partial charge >= 0.3 is 5.97 Å². The zero-order valence-electron chi connectivity index (χ0n) is 42.4. The predicted octanol–water partition coefficient (Wildman–Crippen LogP) is 2.28. The fourth-order valence-electron chi connectivity index (χ4n) is 7.38. The average Bonchev–Trinajstić information content (AvgIpc) is 3.26. The van der Waals surface area contributed by atoms with E-state index in [4.69, 9.17) is 11.5 Å². The van der Waals surface area contributed by atoms with Gasteiger partial charge in [-0.3, -0.25) is 43.2 Å². The first-order valence-corrected chi connectivity index (χ1v) is 24.4. The second-order valence-electron chi connectivity index (χ2n) is 19.3. The highest BCUT2D eigenvalue weighted by molar-refractivity contribution is 5.99. The smallest absolute Gasteiger partial charge is 0.305 e. The number of aromatic hydroxyl groups is 1. The molecule has 69 heavy (non-hydrogen) atoms. The normalized spacial score (nSPS) is 14.3. The van der Waals surface area contributed by atoms with Gasteiger partial charge in [-0.15, -0.1) is 0 Å². The van der Waals surface area contributed by atoms with E-state index in [0.717, 1.165) is 30.6 Å². The number of phenols is 1. The van der Waals surface area contributed by atoms with Gasteiger partial charge in [-0.25, -0.2) is 0 Å². The molecule has 8 amide bonds. The first-order valence-electron chi connectivity index (χ1n) is 24.4. The molecule has 0 spiro atoms. The van der Waals surface area contributed by atoms with E-state index in [1.54, 1.807) is 53.7 Å². The number of hydrogen-bond donors (Lipinski definition) is 10. The Hall–Kier alpha value is -5.79. The number of aliphatic carboxylic acids is 1. The summed E-state index contributed by atoms with van der Waals surface area (Å²) in [4.78, 5) is 121. The van der Waals surface area contributed by atoms with E-state index < -0.39 is 120 Å². The summed E-state index contributed by atoms with van der Waals surface area (Å²) in [5, 5.41) is 34.7. The molecule has 7 atom stereocenters. The van der Waals surface area contributed by atoms with Crippen LogP contribution in [-0.4, -0.2) is 125 Å². The molecule has 0 saturated carbocycles. The van der Waals surface area contributed by atoms with Crippen LogP contribution in [0.15, 0.2) is 24.3 Å². The monoisotopic (exact) mass is 974 g/mol. The number of hydrogen-bond acceptors (Lipinski definition) is 11. The van der Waals surface area contributed by atoms with E-state index in [0.29, 0.717) is 12.0 Å². The van der Waals surface area contributed by atoms with Crippen LogP contribution in [0.3, 0.4) is 0 Å². The Morgan fingerprint density at radius 2 is 0.986 bits per heavy atom. The molecule has 1 aromatic rings. The van der Waals surface area contributed by atoms with Crippen molar-refractivity contribution in [2.24, 2.45) is 29.2 Å². The lowest BCUT2D eigenvalue weighted by Crippen LogP contribution is -2.62. The van der Waals surface area contributed by atoms with Crippen LogP contribution in [0.1, 0.15) is 144 Å². The van der Waals surface area contributed by atoms with E-state index in [1.807, 2.05) is 0 Å². The van der Waals surface area contributed by atoms with Gasteiger partial charge in [-0.1, -0.05) is 125 Å². The second kappa shape index (κ2) is 32.1. The maximum atomic E-state index is 14.1. The molecule has 0 heterocycles. The Kier molecular flexibility index (Phi) is 28.5. The van der Waals surface area contributed by atoms with Gasteiger partial charge in [0.05, 0.1) is 18.9 Å². The molecular formula is C49H83N9O11. The fourth-order valence-corrected chi connectivity index (χ4v) is 7.38. The maximum Gasteiger partial charge on any atom is 0.305 e. The van der Waals surface area contributed by atoms with Crippen LogP contribution in [-0.2, 0) is 49.6 Å². The number of amides is 8. The Morgan fingerprint density at radius 1 is 0.565 bits per heavy atom. The molecule has 1 rings (SSSR count). The van der Waals surface area contributed by atoms with Crippen LogP contribution >= 0.6 is 0 Å². The van der Waals surface area contributed by atoms with Crippen molar-refractivity contribution in [3.8, 4) is 5.75 Å². The van der Waals surface area contributed by atoms with Crippen molar-refractivity contribution in [3.05, 3.63) is 29.8 Å². The number of primary amides is 1. The van der Waals surface area contributed by atoms with Crippen LogP contribution in [0.4, 0.5) is 0 Å². The SMILES string of the molecule is CCCCCCCCCCCC[C@H](N)C(=O)N[C@@H](Cc1ccc(O)cc1)C(=O)N[C@H](C(=O)N[C@H](C(=O)N[C@@H](CC(=O)N(C)C)C(=O)N[C@@H](CC(=O)O)C(=O)N[C@@H](CC(C)C)C(N)=O)C(C)C)C(C)C. The molecular weight excluding hydrogens is 891 g/mol. The number of carboxylic acid groups (broad SMARTS) is 1. The topological polar surface area (TPSA) is 322 Å². The Balaban J connectivity index is 3.28. The molecule has 0 unspecified atom stereocenters. The van der Waals surface area contributed by atoms with E-state index in [2.05, 4.69) is 38.8 Å². The van der Waals surface area contributed by atoms with Crippen molar-refractivity contribution in [2.45, 2.75) is 187 Å². The number of phenolic OH excluding ortho intramolecular Hbond substituents is 1. The summed E-state index contributed by atoms with van der Waals surface area (Å²) in [7, 11) is 2.81. The molecule has 0 bridgehead atoms. The fraction of sp³-hybridized carbons (Fsp3) is 0.694. The molecule has 0 aromatic heterocycles. The number of carbonyl (C=O) groups is 9. The molecule has 12 N–H and O–H groups in total. The largest absolute Gasteiger partial charge is 0.508 e. The van der Waals surface area contributed by atoms with E-state index in [1.165, 1.54) is 64.8 Å². The quantitative estimate of drug-likeness (QED) is 0.0445. The van der Waals surface area contributed by atoms with Gasteiger partial charge in [0.2, 0.25) is 47.3 Å². The molecule has 1 aromatic carbocycles. The summed E-state index contributed by atoms with van der Waals surface area (Å²) in [5.41, 5.74) is 12.4. The predicted molar refractivity (Wildman–Crippen MR) is 262 cm³/mol. The lowest BCUT2D eigenvalue weighted by atomic mass is 9.98. The van der Waals surface area contributed by atoms with Crippen molar-refractivity contribution in [3.63, 3.8) is 0 Å². The van der Waals surface area contributed by atoms with E-state index >= 15 is 0 Å². The number of nitrogens with zero attached hydrogens (tertiary/aromatic N) is 1. The summed E-state index contributed by atoms with van der Waals surface area (Å²) >= 11 is 0. The second-order valence-corrected chi connectivity index (χ2v) is 19.3. The van der Waals surface area contributed by atoms with Gasteiger partial charge < -0.3 is 58.5 Å². The first-order chi connectivity index (χ1) is 32.4. The third kappa shape index (κ3) is 24.4. The molecule has 0 radical (unpaired) electrons. The van der Waals surface area contributed by atoms with E-state index in [9.17, 15) is 53.4 Å². The van der Waals surface area contributed by atoms with E-state index in [-0.39, 0.29) is 24.5 Å². The molecule has 20 nitrogen and oxygen atoms in total. The van der Waals surface area contributed by atoms with Gasteiger partial charge in [0, 0.05) is 20.5 Å². The van der Waals surface area contributed by atoms with Crippen molar-refractivity contribution in [1.82, 2.24) is 36.8 Å². The van der Waals surface area contributed by atoms with Crippen LogP contribution in [0.2, 0.25) is 0 Å². The Labute approximate surface area is 408 Å². The molecule has 0 aliphatic heterocycles. The summed E-state index contributed by atoms with van der Waals surface area (Å²) in [6, 6.07) is -3.25. The number of nitrogens with two attached hydrogens (primary N) is 2. The average molecular weight is 974 g/mol. The highest BCUT2D eigenvalue weighted by atomic mass is 16.4. The maximum absolute atomic E-state index is 14.1. The minimum atomic E-state index is -1.75.